The number of hydrogen-bond acceptors (Lipinski definition) is 4. The smallest absolute Gasteiger partial charge is 0.120 e. The first kappa shape index (κ1) is 20.0. The van der Waals surface area contributed by atoms with Crippen LogP contribution in [0.5, 0.6) is 11.5 Å². The third-order valence-corrected chi connectivity index (χ3v) is 4.92. The van der Waals surface area contributed by atoms with E-state index in [4.69, 9.17) is 21.1 Å². The van der Waals surface area contributed by atoms with Crippen molar-refractivity contribution in [1.29, 1.82) is 0 Å². The number of hydrogen-bond donors (Lipinski definition) is 1. The Morgan fingerprint density at radius 2 is 1.60 bits per heavy atom. The van der Waals surface area contributed by atoms with Crippen LogP contribution in [0.1, 0.15) is 18.2 Å². The molecule has 0 saturated heterocycles. The molecule has 3 aromatic carbocycles. The molecule has 0 amide bonds. The zero-order valence-corrected chi connectivity index (χ0v) is 17.7. The lowest BCUT2D eigenvalue weighted by molar-refractivity contribution is 0.306. The molecule has 0 aliphatic rings. The molecule has 4 aromatic rings. The number of nitrogens with one attached hydrogen (secondary N) is 1. The average molecular weight is 419 g/mol. The fraction of sp³-hybridized carbons (Fsp3) is 0.160. The van der Waals surface area contributed by atoms with Gasteiger partial charge in [-0.1, -0.05) is 23.7 Å². The quantitative estimate of drug-likeness (QED) is 0.353. The van der Waals surface area contributed by atoms with Crippen molar-refractivity contribution in [3.63, 3.8) is 0 Å². The molecule has 4 rings (SSSR count). The minimum absolute atomic E-state index is 0.498. The molecule has 0 unspecified atom stereocenters. The Hall–Kier alpha value is -3.24. The third-order valence-electron chi connectivity index (χ3n) is 4.67. The van der Waals surface area contributed by atoms with E-state index in [9.17, 15) is 0 Å². The van der Waals surface area contributed by atoms with E-state index in [0.29, 0.717) is 13.2 Å². The average Bonchev–Trinajstić information content (AvgIpc) is 2.75. The van der Waals surface area contributed by atoms with Crippen LogP contribution in [0.15, 0.2) is 72.8 Å². The number of fused-ring (bicyclic) bond motifs is 1. The number of rotatable bonds is 7. The highest BCUT2D eigenvalue weighted by molar-refractivity contribution is 6.30. The molecule has 152 valence electrons. The number of halogens is 1. The molecule has 4 nitrogen and oxygen atoms in total. The monoisotopic (exact) mass is 418 g/mol. The zero-order chi connectivity index (χ0) is 20.9. The first-order valence-corrected chi connectivity index (χ1v) is 10.3. The largest absolute Gasteiger partial charge is 0.494 e. The van der Waals surface area contributed by atoms with Gasteiger partial charge in [-0.25, -0.2) is 0 Å². The van der Waals surface area contributed by atoms with Crippen molar-refractivity contribution in [1.82, 2.24) is 4.98 Å². The fourth-order valence-electron chi connectivity index (χ4n) is 3.23. The molecular formula is C25H23ClN2O2. The van der Waals surface area contributed by atoms with Gasteiger partial charge in [-0.15, -0.1) is 0 Å². The van der Waals surface area contributed by atoms with Crippen LogP contribution in [0.25, 0.3) is 10.9 Å². The maximum Gasteiger partial charge on any atom is 0.120 e. The van der Waals surface area contributed by atoms with Crippen LogP contribution in [0, 0.1) is 6.92 Å². The summed E-state index contributed by atoms with van der Waals surface area (Å²) in [5.41, 5.74) is 4.93. The van der Waals surface area contributed by atoms with Crippen LogP contribution in [0.3, 0.4) is 0 Å². The highest BCUT2D eigenvalue weighted by Gasteiger charge is 2.07. The molecule has 0 atom stereocenters. The molecule has 0 aliphatic carbocycles. The summed E-state index contributed by atoms with van der Waals surface area (Å²) in [5.74, 6) is 1.65. The lowest BCUT2D eigenvalue weighted by Gasteiger charge is -2.13. The van der Waals surface area contributed by atoms with Gasteiger partial charge in [0.05, 0.1) is 12.1 Å². The van der Waals surface area contributed by atoms with E-state index in [-0.39, 0.29) is 0 Å². The van der Waals surface area contributed by atoms with Crippen LogP contribution in [-0.4, -0.2) is 11.6 Å². The summed E-state index contributed by atoms with van der Waals surface area (Å²) in [4.78, 5) is 4.63. The van der Waals surface area contributed by atoms with Gasteiger partial charge in [-0.05, 0) is 80.1 Å². The lowest BCUT2D eigenvalue weighted by Crippen LogP contribution is -1.97. The number of anilines is 2. The normalized spacial score (nSPS) is 10.8. The molecule has 5 heteroatoms. The van der Waals surface area contributed by atoms with Crippen molar-refractivity contribution >= 4 is 33.9 Å². The molecular weight excluding hydrogens is 396 g/mol. The SMILES string of the molecule is CCOc1ccc2nc(C)cc(Nc3ccc(OCc4ccc(Cl)cc4)cc3)c2c1. The van der Waals surface area contributed by atoms with Gasteiger partial charge in [0.2, 0.25) is 0 Å². The maximum atomic E-state index is 5.92. The standard InChI is InChI=1S/C25H23ClN2O2/c1-3-29-22-12-13-24-23(15-22)25(14-17(2)27-24)28-20-8-10-21(11-9-20)30-16-18-4-6-19(26)7-5-18/h4-15H,3,16H2,1-2H3,(H,27,28). The minimum atomic E-state index is 0.498. The van der Waals surface area contributed by atoms with Gasteiger partial charge in [-0.3, -0.25) is 4.98 Å². The van der Waals surface area contributed by atoms with Crippen molar-refractivity contribution in [2.45, 2.75) is 20.5 Å². The molecule has 0 spiro atoms. The Morgan fingerprint density at radius 1 is 0.867 bits per heavy atom. The number of aryl methyl sites for hydroxylation is 1. The fourth-order valence-corrected chi connectivity index (χ4v) is 3.36. The van der Waals surface area contributed by atoms with Crippen molar-refractivity contribution < 1.29 is 9.47 Å². The van der Waals surface area contributed by atoms with E-state index in [1.807, 2.05) is 86.6 Å². The van der Waals surface area contributed by atoms with E-state index >= 15 is 0 Å². The summed E-state index contributed by atoms with van der Waals surface area (Å²) in [6.45, 7) is 5.10. The topological polar surface area (TPSA) is 43.4 Å². The summed E-state index contributed by atoms with van der Waals surface area (Å²) in [7, 11) is 0. The Balaban J connectivity index is 1.50. The summed E-state index contributed by atoms with van der Waals surface area (Å²) >= 11 is 5.92. The summed E-state index contributed by atoms with van der Waals surface area (Å²) < 4.78 is 11.5. The van der Waals surface area contributed by atoms with Gasteiger partial charge in [-0.2, -0.15) is 0 Å². The minimum Gasteiger partial charge on any atom is -0.494 e. The molecule has 0 fully saturated rings. The van der Waals surface area contributed by atoms with E-state index in [0.717, 1.165) is 50.1 Å². The number of pyridine rings is 1. The second-order valence-corrected chi connectivity index (χ2v) is 7.42. The van der Waals surface area contributed by atoms with E-state index in [1.54, 1.807) is 0 Å². The van der Waals surface area contributed by atoms with E-state index in [2.05, 4.69) is 10.3 Å². The first-order chi connectivity index (χ1) is 14.6. The van der Waals surface area contributed by atoms with Gasteiger partial charge < -0.3 is 14.8 Å². The van der Waals surface area contributed by atoms with Gasteiger partial charge in [0, 0.05) is 27.5 Å². The molecule has 1 N–H and O–H groups in total. The van der Waals surface area contributed by atoms with Gasteiger partial charge in [0.15, 0.2) is 0 Å². The second kappa shape index (κ2) is 9.06. The number of nitrogens with zero attached hydrogens (tertiary/aromatic N) is 1. The van der Waals surface area contributed by atoms with Crippen molar-refractivity contribution in [3.05, 3.63) is 89.1 Å². The first-order valence-electron chi connectivity index (χ1n) is 9.89. The molecule has 0 radical (unpaired) electrons. The van der Waals surface area contributed by atoms with Gasteiger partial charge in [0.1, 0.15) is 18.1 Å². The Labute approximate surface area is 181 Å². The Bertz CT molecular complexity index is 1140. The van der Waals surface area contributed by atoms with E-state index in [1.165, 1.54) is 0 Å². The van der Waals surface area contributed by atoms with Crippen molar-refractivity contribution in [2.75, 3.05) is 11.9 Å². The molecule has 0 saturated carbocycles. The number of benzene rings is 3. The Kier molecular flexibility index (Phi) is 6.05. The zero-order valence-electron chi connectivity index (χ0n) is 17.0. The molecule has 0 bridgehead atoms. The summed E-state index contributed by atoms with van der Waals surface area (Å²) in [6, 6.07) is 23.6. The van der Waals surface area contributed by atoms with Crippen molar-refractivity contribution in [3.8, 4) is 11.5 Å². The predicted molar refractivity (Wildman–Crippen MR) is 123 cm³/mol. The summed E-state index contributed by atoms with van der Waals surface area (Å²) in [5, 5.41) is 5.24. The van der Waals surface area contributed by atoms with Gasteiger partial charge in [0.25, 0.3) is 0 Å². The van der Waals surface area contributed by atoms with Crippen LogP contribution in [0.2, 0.25) is 5.02 Å². The Morgan fingerprint density at radius 3 is 2.33 bits per heavy atom. The van der Waals surface area contributed by atoms with Gasteiger partial charge >= 0.3 is 0 Å². The number of aromatic nitrogens is 1. The van der Waals surface area contributed by atoms with Crippen LogP contribution < -0.4 is 14.8 Å². The van der Waals surface area contributed by atoms with Crippen molar-refractivity contribution in [2.24, 2.45) is 0 Å². The highest BCUT2D eigenvalue weighted by atomic mass is 35.5. The molecule has 0 aliphatic heterocycles. The van der Waals surface area contributed by atoms with Crippen LogP contribution >= 0.6 is 11.6 Å². The van der Waals surface area contributed by atoms with Crippen LogP contribution in [-0.2, 0) is 6.61 Å². The predicted octanol–water partition coefficient (Wildman–Crippen LogP) is 6.92. The highest BCUT2D eigenvalue weighted by Crippen LogP contribution is 2.30. The lowest BCUT2D eigenvalue weighted by atomic mass is 10.1. The third kappa shape index (κ3) is 4.84. The second-order valence-electron chi connectivity index (χ2n) is 6.99. The maximum absolute atomic E-state index is 5.92. The van der Waals surface area contributed by atoms with Crippen LogP contribution in [0.4, 0.5) is 11.4 Å². The van der Waals surface area contributed by atoms with E-state index < -0.39 is 0 Å². The molecule has 30 heavy (non-hydrogen) atoms. The number of ether oxygens (including phenoxy) is 2. The molecule has 1 heterocycles. The molecule has 1 aromatic heterocycles. The summed E-state index contributed by atoms with van der Waals surface area (Å²) in [6.07, 6.45) is 0.